The van der Waals surface area contributed by atoms with Crippen molar-refractivity contribution in [3.8, 4) is 0 Å². The average Bonchev–Trinajstić information content (AvgIpc) is 2.50. The van der Waals surface area contributed by atoms with E-state index in [1.165, 1.54) is 0 Å². The van der Waals surface area contributed by atoms with Crippen molar-refractivity contribution >= 4 is 11.6 Å². The van der Waals surface area contributed by atoms with Gasteiger partial charge in [-0.05, 0) is 12.3 Å². The molecule has 0 aliphatic carbocycles. The van der Waals surface area contributed by atoms with Gasteiger partial charge >= 0.3 is 0 Å². The highest BCUT2D eigenvalue weighted by Crippen LogP contribution is 2.24. The molecule has 0 aromatic carbocycles. The molecule has 1 aromatic rings. The number of rotatable bonds is 2. The molecule has 0 aliphatic heterocycles. The van der Waals surface area contributed by atoms with Crippen LogP contribution in [0, 0.1) is 0 Å². The molecule has 13 heavy (non-hydrogen) atoms. The smallest absolute Gasteiger partial charge is 0.0849 e. The number of nitrogens with one attached hydrogen (secondary N) is 1. The molecule has 2 nitrogen and oxygen atoms in total. The highest BCUT2D eigenvalue weighted by molar-refractivity contribution is 6.31. The largest absolute Gasteiger partial charge is 0.281 e. The Morgan fingerprint density at radius 1 is 1.38 bits per heavy atom. The van der Waals surface area contributed by atoms with Crippen molar-refractivity contribution in [2.75, 3.05) is 0 Å². The van der Waals surface area contributed by atoms with Crippen LogP contribution in [0.15, 0.2) is 0 Å². The highest BCUT2D eigenvalue weighted by Gasteiger charge is 2.11. The van der Waals surface area contributed by atoms with Crippen LogP contribution in [0.4, 0.5) is 0 Å². The maximum Gasteiger partial charge on any atom is 0.0849 e. The molecular weight excluding hydrogens is 184 g/mol. The molecular formula is C10H19ClN2. The third-order valence-corrected chi connectivity index (χ3v) is 2.12. The SMILES string of the molecule is CC.CCc1[nH]nc(C(C)C)c1Cl. The molecule has 1 N–H and O–H groups in total. The first kappa shape index (κ1) is 12.5. The summed E-state index contributed by atoms with van der Waals surface area (Å²) in [6.45, 7) is 10.2. The molecule has 0 amide bonds. The van der Waals surface area contributed by atoms with E-state index >= 15 is 0 Å². The summed E-state index contributed by atoms with van der Waals surface area (Å²) in [6.07, 6.45) is 0.915. The molecule has 0 saturated carbocycles. The Bertz CT molecular complexity index is 241. The van der Waals surface area contributed by atoms with Crippen molar-refractivity contribution in [1.82, 2.24) is 10.2 Å². The van der Waals surface area contributed by atoms with E-state index in [-0.39, 0.29) is 0 Å². The monoisotopic (exact) mass is 202 g/mol. The highest BCUT2D eigenvalue weighted by atomic mass is 35.5. The molecule has 0 radical (unpaired) electrons. The van der Waals surface area contributed by atoms with E-state index in [2.05, 4.69) is 31.0 Å². The van der Waals surface area contributed by atoms with E-state index in [1.807, 2.05) is 13.8 Å². The average molecular weight is 203 g/mol. The minimum atomic E-state index is 0.402. The molecule has 0 unspecified atom stereocenters. The van der Waals surface area contributed by atoms with E-state index in [9.17, 15) is 0 Å². The maximum atomic E-state index is 6.03. The maximum absolute atomic E-state index is 6.03. The molecule has 1 heterocycles. The predicted molar refractivity (Wildman–Crippen MR) is 58.4 cm³/mol. The normalized spacial score (nSPS) is 9.77. The van der Waals surface area contributed by atoms with Crippen LogP contribution in [-0.4, -0.2) is 10.2 Å². The Labute approximate surface area is 85.7 Å². The third kappa shape index (κ3) is 3.03. The second kappa shape index (κ2) is 6.03. The number of hydrogen-bond donors (Lipinski definition) is 1. The predicted octanol–water partition coefficient (Wildman–Crippen LogP) is 3.78. The number of aromatic nitrogens is 2. The molecule has 0 atom stereocenters. The third-order valence-electron chi connectivity index (χ3n) is 1.70. The first-order valence-corrected chi connectivity index (χ1v) is 5.27. The molecule has 1 rings (SSSR count). The van der Waals surface area contributed by atoms with E-state index in [0.717, 1.165) is 22.8 Å². The summed E-state index contributed by atoms with van der Waals surface area (Å²) >= 11 is 6.03. The van der Waals surface area contributed by atoms with Gasteiger partial charge in [0.2, 0.25) is 0 Å². The van der Waals surface area contributed by atoms with Gasteiger partial charge in [0.1, 0.15) is 0 Å². The van der Waals surface area contributed by atoms with Gasteiger partial charge in [-0.3, -0.25) is 5.10 Å². The van der Waals surface area contributed by atoms with Crippen molar-refractivity contribution in [3.05, 3.63) is 16.4 Å². The van der Waals surface area contributed by atoms with Crippen molar-refractivity contribution < 1.29 is 0 Å². The van der Waals surface area contributed by atoms with Gasteiger partial charge in [0, 0.05) is 0 Å². The lowest BCUT2D eigenvalue weighted by Gasteiger charge is -1.98. The summed E-state index contributed by atoms with van der Waals surface area (Å²) in [6, 6.07) is 0. The number of H-pyrrole nitrogens is 1. The molecule has 0 bridgehead atoms. The van der Waals surface area contributed by atoms with Crippen LogP contribution in [0.5, 0.6) is 0 Å². The molecule has 0 fully saturated rings. The van der Waals surface area contributed by atoms with Crippen molar-refractivity contribution in [1.29, 1.82) is 0 Å². The van der Waals surface area contributed by atoms with Gasteiger partial charge in [-0.1, -0.05) is 46.2 Å². The molecule has 0 saturated heterocycles. The van der Waals surface area contributed by atoms with Gasteiger partial charge in [-0.2, -0.15) is 5.10 Å². The summed E-state index contributed by atoms with van der Waals surface area (Å²) in [7, 11) is 0. The zero-order valence-electron chi connectivity index (χ0n) is 9.11. The fourth-order valence-corrected chi connectivity index (χ4v) is 1.43. The van der Waals surface area contributed by atoms with Gasteiger partial charge in [0.05, 0.1) is 16.4 Å². The molecule has 0 aliphatic rings. The van der Waals surface area contributed by atoms with Gasteiger partial charge in [-0.25, -0.2) is 0 Å². The van der Waals surface area contributed by atoms with Crippen LogP contribution in [0.3, 0.4) is 0 Å². The Morgan fingerprint density at radius 3 is 2.15 bits per heavy atom. The number of aryl methyl sites for hydroxylation is 1. The number of nitrogens with zero attached hydrogens (tertiary/aromatic N) is 1. The standard InChI is InChI=1S/C8H13ClN2.C2H6/c1-4-6-7(9)8(5(2)3)11-10-6;1-2/h5H,4H2,1-3H3,(H,10,11);1-2H3. The fraction of sp³-hybridized carbons (Fsp3) is 0.700. The van der Waals surface area contributed by atoms with Crippen LogP contribution in [0.1, 0.15) is 51.9 Å². The van der Waals surface area contributed by atoms with Gasteiger partial charge < -0.3 is 0 Å². The van der Waals surface area contributed by atoms with Crippen LogP contribution >= 0.6 is 11.6 Å². The van der Waals surface area contributed by atoms with Crippen LogP contribution < -0.4 is 0 Å². The number of hydrogen-bond acceptors (Lipinski definition) is 1. The fourth-order valence-electron chi connectivity index (χ4n) is 0.997. The van der Waals surface area contributed by atoms with Crippen LogP contribution in [0.2, 0.25) is 5.02 Å². The summed E-state index contributed by atoms with van der Waals surface area (Å²) in [5.74, 6) is 0.402. The Hall–Kier alpha value is -0.500. The van der Waals surface area contributed by atoms with Crippen LogP contribution in [0.25, 0.3) is 0 Å². The van der Waals surface area contributed by atoms with Gasteiger partial charge in [0.15, 0.2) is 0 Å². The van der Waals surface area contributed by atoms with Gasteiger partial charge in [0.25, 0.3) is 0 Å². The summed E-state index contributed by atoms with van der Waals surface area (Å²) in [5.41, 5.74) is 2.01. The van der Waals surface area contributed by atoms with E-state index < -0.39 is 0 Å². The van der Waals surface area contributed by atoms with E-state index in [1.54, 1.807) is 0 Å². The lowest BCUT2D eigenvalue weighted by molar-refractivity contribution is 0.808. The second-order valence-corrected chi connectivity index (χ2v) is 3.29. The minimum Gasteiger partial charge on any atom is -0.281 e. The first-order chi connectivity index (χ1) is 6.16. The van der Waals surface area contributed by atoms with E-state index in [0.29, 0.717) is 5.92 Å². The molecule has 0 spiro atoms. The quantitative estimate of drug-likeness (QED) is 0.777. The summed E-state index contributed by atoms with van der Waals surface area (Å²) in [5, 5.41) is 7.86. The van der Waals surface area contributed by atoms with Crippen molar-refractivity contribution in [2.45, 2.75) is 47.0 Å². The van der Waals surface area contributed by atoms with E-state index in [4.69, 9.17) is 11.6 Å². The number of halogens is 1. The number of aromatic amines is 1. The van der Waals surface area contributed by atoms with Gasteiger partial charge in [-0.15, -0.1) is 0 Å². The first-order valence-electron chi connectivity index (χ1n) is 4.89. The van der Waals surface area contributed by atoms with Crippen molar-refractivity contribution in [2.24, 2.45) is 0 Å². The van der Waals surface area contributed by atoms with Crippen LogP contribution in [-0.2, 0) is 6.42 Å². The summed E-state index contributed by atoms with van der Waals surface area (Å²) < 4.78 is 0. The van der Waals surface area contributed by atoms with Crippen molar-refractivity contribution in [3.63, 3.8) is 0 Å². The minimum absolute atomic E-state index is 0.402. The Balaban J connectivity index is 0.000000671. The topological polar surface area (TPSA) is 28.7 Å². The Morgan fingerprint density at radius 2 is 1.92 bits per heavy atom. The molecule has 3 heteroatoms. The lowest BCUT2D eigenvalue weighted by Crippen LogP contribution is -1.87. The zero-order chi connectivity index (χ0) is 10.4. The Kier molecular flexibility index (Phi) is 5.80. The molecule has 1 aromatic heterocycles. The summed E-state index contributed by atoms with van der Waals surface area (Å²) in [4.78, 5) is 0. The molecule has 76 valence electrons. The zero-order valence-corrected chi connectivity index (χ0v) is 9.87. The second-order valence-electron chi connectivity index (χ2n) is 2.91. The lowest BCUT2D eigenvalue weighted by atomic mass is 10.1.